The largest absolute Gasteiger partial charge is 0.326 e. The lowest BCUT2D eigenvalue weighted by atomic mass is 10.00. The van der Waals surface area contributed by atoms with Crippen molar-refractivity contribution in [1.82, 2.24) is 4.31 Å². The Balaban J connectivity index is 0.00000264. The number of sulfonamides is 1. The minimum atomic E-state index is -4.33. The van der Waals surface area contributed by atoms with Gasteiger partial charge in [-0.1, -0.05) is 12.5 Å². The number of rotatable bonds is 4. The number of nitro groups is 1. The quantitative estimate of drug-likeness (QED) is 0.647. The summed E-state index contributed by atoms with van der Waals surface area (Å²) in [7, 11) is -4.33. The number of hydrogen-bond donors (Lipinski definition) is 1. The van der Waals surface area contributed by atoms with Gasteiger partial charge in [0, 0.05) is 24.7 Å². The van der Waals surface area contributed by atoms with Crippen LogP contribution in [0.25, 0.3) is 0 Å². The first kappa shape index (κ1) is 19.8. The molecule has 2 N–H and O–H groups in total. The van der Waals surface area contributed by atoms with Crippen LogP contribution in [0.1, 0.15) is 26.2 Å². The van der Waals surface area contributed by atoms with E-state index in [0.29, 0.717) is 12.8 Å². The lowest BCUT2D eigenvalue weighted by molar-refractivity contribution is -0.388. The summed E-state index contributed by atoms with van der Waals surface area (Å²) in [5.74, 6) is -1.12. The van der Waals surface area contributed by atoms with Crippen molar-refractivity contribution in [3.63, 3.8) is 0 Å². The lowest BCUT2D eigenvalue weighted by Gasteiger charge is -2.36. The van der Waals surface area contributed by atoms with Crippen LogP contribution in [0.15, 0.2) is 23.1 Å². The number of nitrogens with zero attached hydrogens (tertiary/aromatic N) is 2. The molecule has 0 aliphatic carbocycles. The van der Waals surface area contributed by atoms with Crippen molar-refractivity contribution in [3.05, 3.63) is 34.1 Å². The van der Waals surface area contributed by atoms with E-state index in [2.05, 4.69) is 0 Å². The molecule has 2 rings (SSSR count). The van der Waals surface area contributed by atoms with E-state index in [1.54, 1.807) is 6.92 Å². The smallest absolute Gasteiger partial charge is 0.292 e. The lowest BCUT2D eigenvalue weighted by Crippen LogP contribution is -2.51. The van der Waals surface area contributed by atoms with Crippen LogP contribution in [0.3, 0.4) is 0 Å². The minimum absolute atomic E-state index is 0. The zero-order valence-electron chi connectivity index (χ0n) is 12.5. The van der Waals surface area contributed by atoms with Crippen LogP contribution in [0.5, 0.6) is 0 Å². The predicted molar refractivity (Wildman–Crippen MR) is 85.5 cm³/mol. The molecule has 1 heterocycles. The maximum absolute atomic E-state index is 14.0. The molecule has 0 aromatic heterocycles. The van der Waals surface area contributed by atoms with Gasteiger partial charge in [-0.3, -0.25) is 10.1 Å². The van der Waals surface area contributed by atoms with E-state index >= 15 is 0 Å². The van der Waals surface area contributed by atoms with Gasteiger partial charge in [0.15, 0.2) is 4.90 Å². The summed E-state index contributed by atoms with van der Waals surface area (Å²) in [5.41, 5.74) is 5.08. The minimum Gasteiger partial charge on any atom is -0.326 e. The highest BCUT2D eigenvalue weighted by Crippen LogP contribution is 2.33. The zero-order chi connectivity index (χ0) is 16.5. The van der Waals surface area contributed by atoms with Crippen molar-refractivity contribution in [2.24, 2.45) is 5.73 Å². The second kappa shape index (κ2) is 7.52. The van der Waals surface area contributed by atoms with Crippen molar-refractivity contribution >= 4 is 28.1 Å². The van der Waals surface area contributed by atoms with Gasteiger partial charge in [0.2, 0.25) is 0 Å². The summed E-state index contributed by atoms with van der Waals surface area (Å²) >= 11 is 0. The normalized spacial score (nSPS) is 20.6. The molecule has 1 aliphatic rings. The topological polar surface area (TPSA) is 107 Å². The average molecular weight is 368 g/mol. The molecule has 2 unspecified atom stereocenters. The van der Waals surface area contributed by atoms with Crippen molar-refractivity contribution in [2.45, 2.75) is 43.2 Å². The zero-order valence-corrected chi connectivity index (χ0v) is 14.1. The molecule has 0 spiro atoms. The standard InChI is InChI=1S/C13H18FN3O4S.ClH/c1-9(15)11-6-2-3-8-16(11)22(20,21)13-10(14)5-4-7-12(13)17(18)19;/h4-5,7,9,11H,2-3,6,8,15H2,1H3;1H. The van der Waals surface area contributed by atoms with Gasteiger partial charge < -0.3 is 5.73 Å². The Kier molecular flexibility index (Phi) is 6.46. The number of nitro benzene ring substituents is 1. The van der Waals surface area contributed by atoms with Crippen molar-refractivity contribution in [2.75, 3.05) is 6.54 Å². The van der Waals surface area contributed by atoms with E-state index in [0.717, 1.165) is 28.9 Å². The van der Waals surface area contributed by atoms with Crippen molar-refractivity contribution in [3.8, 4) is 0 Å². The Bertz CT molecular complexity index is 684. The van der Waals surface area contributed by atoms with Gasteiger partial charge in [0.05, 0.1) is 4.92 Å². The summed E-state index contributed by atoms with van der Waals surface area (Å²) in [6.45, 7) is 1.86. The third kappa shape index (κ3) is 3.79. The third-order valence-corrected chi connectivity index (χ3v) is 5.81. The Labute approximate surface area is 140 Å². The number of nitrogens with two attached hydrogens (primary N) is 1. The molecule has 0 radical (unpaired) electrons. The van der Waals surface area contributed by atoms with Gasteiger partial charge in [-0.05, 0) is 25.8 Å². The molecule has 1 aromatic rings. The molecule has 1 aromatic carbocycles. The first-order valence-corrected chi connectivity index (χ1v) is 8.41. The average Bonchev–Trinajstić information content (AvgIpc) is 2.46. The third-order valence-electron chi connectivity index (χ3n) is 3.81. The molecule has 1 fully saturated rings. The second-order valence-corrected chi connectivity index (χ2v) is 7.21. The van der Waals surface area contributed by atoms with Crippen LogP contribution in [0.4, 0.5) is 10.1 Å². The van der Waals surface area contributed by atoms with Gasteiger partial charge in [-0.2, -0.15) is 4.31 Å². The fourth-order valence-corrected chi connectivity index (χ4v) is 4.75. The van der Waals surface area contributed by atoms with Crippen LogP contribution in [0.2, 0.25) is 0 Å². The summed E-state index contributed by atoms with van der Waals surface area (Å²) in [4.78, 5) is 9.28. The van der Waals surface area contributed by atoms with E-state index in [1.165, 1.54) is 0 Å². The highest BCUT2D eigenvalue weighted by atomic mass is 35.5. The van der Waals surface area contributed by atoms with E-state index in [9.17, 15) is 22.9 Å². The van der Waals surface area contributed by atoms with Gasteiger partial charge in [0.25, 0.3) is 15.7 Å². The van der Waals surface area contributed by atoms with Crippen molar-refractivity contribution < 1.29 is 17.7 Å². The fraction of sp³-hybridized carbons (Fsp3) is 0.538. The van der Waals surface area contributed by atoms with Crippen molar-refractivity contribution in [1.29, 1.82) is 0 Å². The van der Waals surface area contributed by atoms with E-state index < -0.39 is 43.4 Å². The highest BCUT2D eigenvalue weighted by molar-refractivity contribution is 7.89. The van der Waals surface area contributed by atoms with Gasteiger partial charge in [-0.15, -0.1) is 12.4 Å². The molecule has 10 heteroatoms. The summed E-state index contributed by atoms with van der Waals surface area (Å²) in [6.07, 6.45) is 1.99. The van der Waals surface area contributed by atoms with E-state index in [1.807, 2.05) is 0 Å². The summed E-state index contributed by atoms with van der Waals surface area (Å²) < 4.78 is 40.7. The molecule has 2 atom stereocenters. The first-order valence-electron chi connectivity index (χ1n) is 6.97. The molecule has 1 saturated heterocycles. The molecule has 130 valence electrons. The van der Waals surface area contributed by atoms with Crippen LogP contribution in [0, 0.1) is 15.9 Å². The number of halogens is 2. The van der Waals surface area contributed by atoms with Gasteiger partial charge in [0.1, 0.15) is 5.82 Å². The predicted octanol–water partition coefficient (Wildman–Crippen LogP) is 2.05. The number of hydrogen-bond acceptors (Lipinski definition) is 5. The first-order chi connectivity index (χ1) is 10.3. The molecule has 0 bridgehead atoms. The molecular formula is C13H19ClFN3O4S. The monoisotopic (exact) mass is 367 g/mol. The molecule has 0 saturated carbocycles. The highest BCUT2D eigenvalue weighted by Gasteiger charge is 2.40. The van der Waals surface area contributed by atoms with Gasteiger partial charge in [-0.25, -0.2) is 12.8 Å². The molecule has 1 aliphatic heterocycles. The van der Waals surface area contributed by atoms with E-state index in [4.69, 9.17) is 5.73 Å². The second-order valence-electron chi connectivity index (χ2n) is 5.38. The van der Waals surface area contributed by atoms with Crippen LogP contribution >= 0.6 is 12.4 Å². The van der Waals surface area contributed by atoms with Crippen LogP contribution in [-0.4, -0.2) is 36.3 Å². The van der Waals surface area contributed by atoms with Gasteiger partial charge >= 0.3 is 0 Å². The van der Waals surface area contributed by atoms with Crippen LogP contribution in [-0.2, 0) is 10.0 Å². The Hall–Kier alpha value is -1.29. The number of benzene rings is 1. The maximum atomic E-state index is 14.0. The maximum Gasteiger partial charge on any atom is 0.292 e. The number of piperidine rings is 1. The summed E-state index contributed by atoms with van der Waals surface area (Å²) in [6, 6.07) is 2.08. The summed E-state index contributed by atoms with van der Waals surface area (Å²) in [5, 5.41) is 11.1. The molecule has 0 amide bonds. The van der Waals surface area contributed by atoms with E-state index in [-0.39, 0.29) is 19.0 Å². The Morgan fingerprint density at radius 2 is 2.09 bits per heavy atom. The Morgan fingerprint density at radius 3 is 2.65 bits per heavy atom. The molecular weight excluding hydrogens is 349 g/mol. The SMILES string of the molecule is CC(N)C1CCCCN1S(=O)(=O)c1c(F)cccc1[N+](=O)[O-].Cl. The van der Waals surface area contributed by atoms with Crippen LogP contribution < -0.4 is 5.73 Å². The Morgan fingerprint density at radius 1 is 1.43 bits per heavy atom. The molecule has 7 nitrogen and oxygen atoms in total. The fourth-order valence-electron chi connectivity index (χ4n) is 2.77. The molecule has 23 heavy (non-hydrogen) atoms.